The van der Waals surface area contributed by atoms with E-state index in [1.165, 1.54) is 0 Å². The van der Waals surface area contributed by atoms with Crippen LogP contribution in [-0.4, -0.2) is 38.5 Å². The number of aromatic nitrogens is 2. The van der Waals surface area contributed by atoms with Crippen molar-refractivity contribution in [2.45, 2.75) is 39.0 Å². The number of aliphatic hydroxyl groups is 2. The van der Waals surface area contributed by atoms with Crippen molar-refractivity contribution in [1.29, 1.82) is 0 Å². The smallest absolute Gasteiger partial charge is 0.0972 e. The van der Waals surface area contributed by atoms with Crippen LogP contribution in [0.3, 0.4) is 0 Å². The zero-order chi connectivity index (χ0) is 12.2. The molecule has 5 nitrogen and oxygen atoms in total. The van der Waals surface area contributed by atoms with E-state index in [0.29, 0.717) is 19.1 Å². The van der Waals surface area contributed by atoms with E-state index in [-0.39, 0.29) is 6.61 Å². The van der Waals surface area contributed by atoms with Crippen LogP contribution in [0.25, 0.3) is 0 Å². The normalized spacial score (nSPS) is 15.4. The highest BCUT2D eigenvalue weighted by molar-refractivity contribution is 4.99. The Balaban J connectivity index is 2.46. The van der Waals surface area contributed by atoms with Crippen LogP contribution in [0.1, 0.15) is 32.5 Å². The molecule has 0 amide bonds. The molecule has 0 aliphatic carbocycles. The molecule has 0 spiro atoms. The van der Waals surface area contributed by atoms with Crippen molar-refractivity contribution in [3.05, 3.63) is 18.2 Å². The predicted octanol–water partition coefficient (Wildman–Crippen LogP) is 0.297. The second-order valence-electron chi connectivity index (χ2n) is 4.64. The molecule has 0 aliphatic heterocycles. The van der Waals surface area contributed by atoms with E-state index in [1.54, 1.807) is 19.4 Å². The van der Waals surface area contributed by atoms with Gasteiger partial charge in [0, 0.05) is 25.3 Å². The van der Waals surface area contributed by atoms with Gasteiger partial charge in [-0.25, -0.2) is 4.98 Å². The number of aliphatic hydroxyl groups excluding tert-OH is 1. The molecule has 0 fully saturated rings. The topological polar surface area (TPSA) is 70.3 Å². The standard InChI is InChI=1S/C11H21N3O2/c1-9(2)14-8-13-5-10(14)4-12-6-11(3,16)7-15/h5,8-9,12,15-16H,4,6-7H2,1-3H3. The van der Waals surface area contributed by atoms with E-state index >= 15 is 0 Å². The lowest BCUT2D eigenvalue weighted by atomic mass is 10.1. The van der Waals surface area contributed by atoms with E-state index in [1.807, 2.05) is 0 Å². The van der Waals surface area contributed by atoms with Gasteiger partial charge in [0.1, 0.15) is 0 Å². The Labute approximate surface area is 96.1 Å². The summed E-state index contributed by atoms with van der Waals surface area (Å²) < 4.78 is 2.07. The summed E-state index contributed by atoms with van der Waals surface area (Å²) in [6.07, 6.45) is 3.60. The molecule has 92 valence electrons. The van der Waals surface area contributed by atoms with Gasteiger partial charge < -0.3 is 20.1 Å². The summed E-state index contributed by atoms with van der Waals surface area (Å²) >= 11 is 0. The number of imidazole rings is 1. The van der Waals surface area contributed by atoms with E-state index in [9.17, 15) is 5.11 Å². The highest BCUT2D eigenvalue weighted by Gasteiger charge is 2.18. The summed E-state index contributed by atoms with van der Waals surface area (Å²) in [5, 5.41) is 21.6. The van der Waals surface area contributed by atoms with Gasteiger partial charge in [-0.15, -0.1) is 0 Å². The second kappa shape index (κ2) is 5.43. The first-order chi connectivity index (χ1) is 7.46. The van der Waals surface area contributed by atoms with Crippen LogP contribution in [0.15, 0.2) is 12.5 Å². The van der Waals surface area contributed by atoms with Crippen LogP contribution in [0, 0.1) is 0 Å². The van der Waals surface area contributed by atoms with Crippen LogP contribution in [0.5, 0.6) is 0 Å². The van der Waals surface area contributed by atoms with Crippen molar-refractivity contribution in [3.8, 4) is 0 Å². The monoisotopic (exact) mass is 227 g/mol. The molecule has 1 aromatic heterocycles. The summed E-state index contributed by atoms with van der Waals surface area (Å²) in [4.78, 5) is 4.09. The fourth-order valence-electron chi connectivity index (χ4n) is 1.45. The number of rotatable bonds is 6. The lowest BCUT2D eigenvalue weighted by molar-refractivity contribution is 0.00243. The van der Waals surface area contributed by atoms with Gasteiger partial charge in [-0.2, -0.15) is 0 Å². The van der Waals surface area contributed by atoms with Crippen LogP contribution in [0.4, 0.5) is 0 Å². The minimum absolute atomic E-state index is 0.247. The lowest BCUT2D eigenvalue weighted by Crippen LogP contribution is -2.40. The molecule has 0 saturated carbocycles. The Morgan fingerprint density at radius 3 is 2.81 bits per heavy atom. The van der Waals surface area contributed by atoms with Crippen molar-refractivity contribution in [1.82, 2.24) is 14.9 Å². The van der Waals surface area contributed by atoms with Gasteiger partial charge in [0.15, 0.2) is 0 Å². The summed E-state index contributed by atoms with van der Waals surface area (Å²) in [5.41, 5.74) is 0.00612. The molecule has 0 saturated heterocycles. The Bertz CT molecular complexity index is 321. The van der Waals surface area contributed by atoms with Crippen molar-refractivity contribution in [2.24, 2.45) is 0 Å². The van der Waals surface area contributed by atoms with Gasteiger partial charge in [0.2, 0.25) is 0 Å². The summed E-state index contributed by atoms with van der Waals surface area (Å²) in [5.74, 6) is 0. The van der Waals surface area contributed by atoms with Gasteiger partial charge in [-0.1, -0.05) is 0 Å². The molecule has 1 aromatic rings. The molecule has 0 aromatic carbocycles. The largest absolute Gasteiger partial charge is 0.393 e. The first kappa shape index (κ1) is 13.2. The lowest BCUT2D eigenvalue weighted by Gasteiger charge is -2.21. The number of hydrogen-bond acceptors (Lipinski definition) is 4. The zero-order valence-corrected chi connectivity index (χ0v) is 10.1. The molecule has 1 atom stereocenters. The molecule has 0 aliphatic rings. The maximum Gasteiger partial charge on any atom is 0.0972 e. The van der Waals surface area contributed by atoms with Crippen LogP contribution in [0.2, 0.25) is 0 Å². The van der Waals surface area contributed by atoms with Crippen molar-refractivity contribution >= 4 is 0 Å². The maximum absolute atomic E-state index is 9.60. The number of nitrogens with one attached hydrogen (secondary N) is 1. The average Bonchev–Trinajstić information content (AvgIpc) is 2.66. The second-order valence-corrected chi connectivity index (χ2v) is 4.64. The molecule has 5 heteroatoms. The fourth-order valence-corrected chi connectivity index (χ4v) is 1.45. The Kier molecular flexibility index (Phi) is 4.46. The summed E-state index contributed by atoms with van der Waals surface area (Å²) in [6, 6.07) is 0.373. The van der Waals surface area contributed by atoms with Gasteiger partial charge in [0.25, 0.3) is 0 Å². The van der Waals surface area contributed by atoms with Gasteiger partial charge in [-0.05, 0) is 20.8 Å². The molecule has 3 N–H and O–H groups in total. The summed E-state index contributed by atoms with van der Waals surface area (Å²) in [6.45, 7) is 6.52. The minimum atomic E-state index is -1.07. The molecular formula is C11H21N3O2. The third kappa shape index (κ3) is 3.59. The predicted molar refractivity (Wildman–Crippen MR) is 62.0 cm³/mol. The van der Waals surface area contributed by atoms with Crippen LogP contribution < -0.4 is 5.32 Å². The van der Waals surface area contributed by atoms with E-state index in [0.717, 1.165) is 5.69 Å². The van der Waals surface area contributed by atoms with E-state index in [4.69, 9.17) is 5.11 Å². The SMILES string of the molecule is CC(C)n1cncc1CNCC(C)(O)CO. The highest BCUT2D eigenvalue weighted by Crippen LogP contribution is 2.08. The molecule has 0 radical (unpaired) electrons. The zero-order valence-electron chi connectivity index (χ0n) is 10.1. The molecule has 1 rings (SSSR count). The highest BCUT2D eigenvalue weighted by atomic mass is 16.3. The van der Waals surface area contributed by atoms with Gasteiger partial charge >= 0.3 is 0 Å². The number of nitrogens with zero attached hydrogens (tertiary/aromatic N) is 2. The Morgan fingerprint density at radius 2 is 2.25 bits per heavy atom. The van der Waals surface area contributed by atoms with Gasteiger partial charge in [0.05, 0.1) is 24.2 Å². The maximum atomic E-state index is 9.60. The molecular weight excluding hydrogens is 206 g/mol. The first-order valence-electron chi connectivity index (χ1n) is 5.51. The molecule has 16 heavy (non-hydrogen) atoms. The third-order valence-corrected chi connectivity index (χ3v) is 2.46. The number of hydrogen-bond donors (Lipinski definition) is 3. The van der Waals surface area contributed by atoms with E-state index < -0.39 is 5.60 Å². The van der Waals surface area contributed by atoms with Gasteiger partial charge in [-0.3, -0.25) is 0 Å². The third-order valence-electron chi connectivity index (χ3n) is 2.46. The molecule has 0 bridgehead atoms. The Hall–Kier alpha value is -0.910. The van der Waals surface area contributed by atoms with E-state index in [2.05, 4.69) is 28.7 Å². The fraction of sp³-hybridized carbons (Fsp3) is 0.727. The molecule has 1 unspecified atom stereocenters. The quantitative estimate of drug-likeness (QED) is 0.653. The summed E-state index contributed by atoms with van der Waals surface area (Å²) in [7, 11) is 0. The van der Waals surface area contributed by atoms with Crippen molar-refractivity contribution < 1.29 is 10.2 Å². The first-order valence-corrected chi connectivity index (χ1v) is 5.51. The van der Waals surface area contributed by atoms with Crippen molar-refractivity contribution in [2.75, 3.05) is 13.2 Å². The minimum Gasteiger partial charge on any atom is -0.393 e. The molecule has 1 heterocycles. The Morgan fingerprint density at radius 1 is 1.56 bits per heavy atom. The van der Waals surface area contributed by atoms with Crippen molar-refractivity contribution in [3.63, 3.8) is 0 Å². The average molecular weight is 227 g/mol. The van der Waals surface area contributed by atoms with Crippen LogP contribution >= 0.6 is 0 Å². The van der Waals surface area contributed by atoms with Crippen LogP contribution in [-0.2, 0) is 6.54 Å².